The predicted molar refractivity (Wildman–Crippen MR) is 94.5 cm³/mol. The molecule has 0 fully saturated rings. The molecule has 0 aliphatic carbocycles. The third kappa shape index (κ3) is 4.48. The molecule has 2 aromatic carbocycles. The normalized spacial score (nSPS) is 10.1. The molecule has 2 rings (SSSR count). The van der Waals surface area contributed by atoms with E-state index < -0.39 is 5.91 Å². The van der Waals surface area contributed by atoms with E-state index in [1.807, 2.05) is 19.1 Å². The molecule has 24 heavy (non-hydrogen) atoms. The Hall–Kier alpha value is -2.54. The summed E-state index contributed by atoms with van der Waals surface area (Å²) in [6, 6.07) is 10.1. The highest BCUT2D eigenvalue weighted by molar-refractivity contribution is 9.10. The second kappa shape index (κ2) is 7.83. The molecule has 0 spiro atoms. The fourth-order valence-corrected chi connectivity index (χ4v) is 2.26. The highest BCUT2D eigenvalue weighted by atomic mass is 79.9. The number of carbonyl (C=O) groups is 2. The highest BCUT2D eigenvalue weighted by Gasteiger charge is 2.13. The number of carbonyl (C=O) groups excluding carboxylic acids is 2. The highest BCUT2D eigenvalue weighted by Crippen LogP contribution is 2.24. The number of hydrogen-bond acceptors (Lipinski definition) is 4. The van der Waals surface area contributed by atoms with Crippen LogP contribution in [0.2, 0.25) is 0 Å². The van der Waals surface area contributed by atoms with E-state index in [-0.39, 0.29) is 23.8 Å². The molecule has 0 unspecified atom stereocenters. The van der Waals surface area contributed by atoms with Gasteiger partial charge in [-0.05, 0) is 48.9 Å². The summed E-state index contributed by atoms with van der Waals surface area (Å²) in [5, 5.41) is 2.73. The number of hydrogen-bond donors (Lipinski definition) is 2. The van der Waals surface area contributed by atoms with Crippen LogP contribution in [-0.2, 0) is 4.79 Å². The van der Waals surface area contributed by atoms with E-state index in [2.05, 4.69) is 21.2 Å². The molecule has 2 amide bonds. The molecule has 0 atom stereocenters. The van der Waals surface area contributed by atoms with Gasteiger partial charge in [-0.15, -0.1) is 0 Å². The molecule has 2 aromatic rings. The van der Waals surface area contributed by atoms with Gasteiger partial charge in [0.1, 0.15) is 11.5 Å². The van der Waals surface area contributed by atoms with Crippen LogP contribution in [0.3, 0.4) is 0 Å². The standard InChI is InChI=1S/C17H17BrN2O4/c1-10-7-11(3-5-14(10)18)20-16(21)9-24-15-6-4-12(23-2)8-13(15)17(19)22/h3-8H,9H2,1-2H3,(H2,19,22)(H,20,21). The monoisotopic (exact) mass is 392 g/mol. The fourth-order valence-electron chi connectivity index (χ4n) is 2.02. The number of amides is 2. The maximum Gasteiger partial charge on any atom is 0.262 e. The van der Waals surface area contributed by atoms with Crippen LogP contribution in [0.1, 0.15) is 15.9 Å². The van der Waals surface area contributed by atoms with Gasteiger partial charge < -0.3 is 20.5 Å². The number of aryl methyl sites for hydroxylation is 1. The molecule has 0 aliphatic heterocycles. The van der Waals surface area contributed by atoms with Gasteiger partial charge in [0.15, 0.2) is 6.61 Å². The van der Waals surface area contributed by atoms with Gasteiger partial charge in [0.25, 0.3) is 11.8 Å². The summed E-state index contributed by atoms with van der Waals surface area (Å²) in [5.41, 5.74) is 7.13. The first kappa shape index (κ1) is 17.8. The second-order valence-electron chi connectivity index (χ2n) is 5.03. The lowest BCUT2D eigenvalue weighted by atomic mass is 10.2. The SMILES string of the molecule is COc1ccc(OCC(=O)Nc2ccc(Br)c(C)c2)c(C(N)=O)c1. The largest absolute Gasteiger partial charge is 0.497 e. The summed E-state index contributed by atoms with van der Waals surface area (Å²) < 4.78 is 11.4. The van der Waals surface area contributed by atoms with E-state index in [1.54, 1.807) is 12.1 Å². The Kier molecular flexibility index (Phi) is 5.81. The summed E-state index contributed by atoms with van der Waals surface area (Å²) in [5.74, 6) is -0.299. The smallest absolute Gasteiger partial charge is 0.262 e. The third-order valence-electron chi connectivity index (χ3n) is 3.25. The molecule has 3 N–H and O–H groups in total. The number of methoxy groups -OCH3 is 1. The quantitative estimate of drug-likeness (QED) is 0.790. The van der Waals surface area contributed by atoms with E-state index in [1.165, 1.54) is 19.2 Å². The van der Waals surface area contributed by atoms with Gasteiger partial charge in [0, 0.05) is 10.2 Å². The number of primary amides is 1. The number of ether oxygens (including phenoxy) is 2. The zero-order chi connectivity index (χ0) is 17.7. The Morgan fingerprint density at radius 1 is 1.21 bits per heavy atom. The van der Waals surface area contributed by atoms with Crippen molar-refractivity contribution in [2.24, 2.45) is 5.73 Å². The molecule has 126 valence electrons. The Morgan fingerprint density at radius 3 is 2.58 bits per heavy atom. The van der Waals surface area contributed by atoms with Crippen LogP contribution in [0.4, 0.5) is 5.69 Å². The predicted octanol–water partition coefficient (Wildman–Crippen LogP) is 2.88. The van der Waals surface area contributed by atoms with Gasteiger partial charge in [-0.3, -0.25) is 9.59 Å². The number of nitrogens with two attached hydrogens (primary N) is 1. The molecule has 0 saturated carbocycles. The zero-order valence-corrected chi connectivity index (χ0v) is 14.8. The first-order chi connectivity index (χ1) is 11.4. The average molecular weight is 393 g/mol. The molecular weight excluding hydrogens is 376 g/mol. The van der Waals surface area contributed by atoms with Gasteiger partial charge in [0.2, 0.25) is 0 Å². The van der Waals surface area contributed by atoms with Crippen molar-refractivity contribution in [2.45, 2.75) is 6.92 Å². The van der Waals surface area contributed by atoms with E-state index in [9.17, 15) is 9.59 Å². The van der Waals surface area contributed by atoms with Crippen molar-refractivity contribution in [3.63, 3.8) is 0 Å². The molecule has 0 heterocycles. The van der Waals surface area contributed by atoms with Crippen LogP contribution in [0.25, 0.3) is 0 Å². The number of benzene rings is 2. The van der Waals surface area contributed by atoms with Crippen molar-refractivity contribution < 1.29 is 19.1 Å². The minimum absolute atomic E-state index is 0.154. The Bertz CT molecular complexity index is 777. The lowest BCUT2D eigenvalue weighted by molar-refractivity contribution is -0.118. The fraction of sp³-hybridized carbons (Fsp3) is 0.176. The number of nitrogens with one attached hydrogen (secondary N) is 1. The first-order valence-corrected chi connectivity index (χ1v) is 7.86. The van der Waals surface area contributed by atoms with Gasteiger partial charge in [-0.2, -0.15) is 0 Å². The Labute approximate surface area is 148 Å². The summed E-state index contributed by atoms with van der Waals surface area (Å²) in [6.07, 6.45) is 0. The molecular formula is C17H17BrN2O4. The summed E-state index contributed by atoms with van der Waals surface area (Å²) in [4.78, 5) is 23.5. The van der Waals surface area contributed by atoms with Crippen molar-refractivity contribution in [3.05, 3.63) is 52.0 Å². The van der Waals surface area contributed by atoms with Crippen LogP contribution in [0, 0.1) is 6.92 Å². The Morgan fingerprint density at radius 2 is 1.96 bits per heavy atom. The van der Waals surface area contributed by atoms with Crippen molar-refractivity contribution in [1.29, 1.82) is 0 Å². The van der Waals surface area contributed by atoms with Crippen LogP contribution >= 0.6 is 15.9 Å². The maximum atomic E-state index is 12.0. The summed E-state index contributed by atoms with van der Waals surface area (Å²) in [6.45, 7) is 1.68. The number of rotatable bonds is 6. The van der Waals surface area contributed by atoms with E-state index in [4.69, 9.17) is 15.2 Å². The topological polar surface area (TPSA) is 90.7 Å². The lowest BCUT2D eigenvalue weighted by Gasteiger charge is -2.11. The molecule has 0 bridgehead atoms. The Balaban J connectivity index is 2.03. The minimum Gasteiger partial charge on any atom is -0.497 e. The molecule has 6 nitrogen and oxygen atoms in total. The third-order valence-corrected chi connectivity index (χ3v) is 4.14. The van der Waals surface area contributed by atoms with Crippen molar-refractivity contribution in [1.82, 2.24) is 0 Å². The first-order valence-electron chi connectivity index (χ1n) is 7.07. The van der Waals surface area contributed by atoms with Crippen molar-refractivity contribution in [2.75, 3.05) is 19.0 Å². The summed E-state index contributed by atoms with van der Waals surface area (Å²) >= 11 is 3.40. The van der Waals surface area contributed by atoms with Gasteiger partial charge >= 0.3 is 0 Å². The minimum atomic E-state index is -0.659. The second-order valence-corrected chi connectivity index (χ2v) is 5.88. The summed E-state index contributed by atoms with van der Waals surface area (Å²) in [7, 11) is 1.48. The van der Waals surface area contributed by atoms with Crippen LogP contribution < -0.4 is 20.5 Å². The number of halogens is 1. The van der Waals surface area contributed by atoms with Gasteiger partial charge in [-0.25, -0.2) is 0 Å². The van der Waals surface area contributed by atoms with E-state index in [0.717, 1.165) is 10.0 Å². The molecule has 7 heteroatoms. The van der Waals surface area contributed by atoms with Crippen LogP contribution in [0.5, 0.6) is 11.5 Å². The van der Waals surface area contributed by atoms with E-state index in [0.29, 0.717) is 11.4 Å². The van der Waals surface area contributed by atoms with Crippen molar-refractivity contribution >= 4 is 33.4 Å². The average Bonchev–Trinajstić information content (AvgIpc) is 2.56. The molecule has 0 saturated heterocycles. The molecule has 0 aromatic heterocycles. The molecule has 0 aliphatic rings. The van der Waals surface area contributed by atoms with Gasteiger partial charge in [0.05, 0.1) is 12.7 Å². The molecule has 0 radical (unpaired) electrons. The van der Waals surface area contributed by atoms with Crippen LogP contribution in [0.15, 0.2) is 40.9 Å². The number of anilines is 1. The van der Waals surface area contributed by atoms with E-state index >= 15 is 0 Å². The van der Waals surface area contributed by atoms with Crippen molar-refractivity contribution in [3.8, 4) is 11.5 Å². The zero-order valence-electron chi connectivity index (χ0n) is 13.3. The lowest BCUT2D eigenvalue weighted by Crippen LogP contribution is -2.21. The maximum absolute atomic E-state index is 12.0. The van der Waals surface area contributed by atoms with Gasteiger partial charge in [-0.1, -0.05) is 15.9 Å². The van der Waals surface area contributed by atoms with Crippen LogP contribution in [-0.4, -0.2) is 25.5 Å².